The van der Waals surface area contributed by atoms with Crippen LogP contribution < -0.4 is 10.1 Å². The normalized spacial score (nSPS) is 10.9. The van der Waals surface area contributed by atoms with Crippen LogP contribution in [0.3, 0.4) is 0 Å². The molecule has 30 heavy (non-hydrogen) atoms. The number of aryl methyl sites for hydroxylation is 1. The molecule has 3 heterocycles. The average Bonchev–Trinajstić information content (AvgIpc) is 3.16. The van der Waals surface area contributed by atoms with Crippen molar-refractivity contribution >= 4 is 34.9 Å². The number of H-pyrrole nitrogens is 1. The van der Waals surface area contributed by atoms with Gasteiger partial charge in [0.1, 0.15) is 17.2 Å². The van der Waals surface area contributed by atoms with E-state index in [1.54, 1.807) is 19.5 Å². The predicted molar refractivity (Wildman–Crippen MR) is 117 cm³/mol. The fourth-order valence-corrected chi connectivity index (χ4v) is 4.02. The molecule has 0 unspecified atom stereocenters. The molecule has 0 aliphatic rings. The van der Waals surface area contributed by atoms with Crippen LogP contribution in [-0.4, -0.2) is 33.3 Å². The monoisotopic (exact) mass is 419 g/mol. The Labute approximate surface area is 178 Å². The summed E-state index contributed by atoms with van der Waals surface area (Å²) in [5.41, 5.74) is 3.07. The van der Waals surface area contributed by atoms with E-state index in [1.165, 1.54) is 11.8 Å². The summed E-state index contributed by atoms with van der Waals surface area (Å²) in [4.78, 5) is 29.5. The molecule has 0 atom stereocenters. The highest BCUT2D eigenvalue weighted by molar-refractivity contribution is 7.99. The van der Waals surface area contributed by atoms with Crippen LogP contribution in [0.1, 0.15) is 28.5 Å². The van der Waals surface area contributed by atoms with Gasteiger partial charge in [-0.2, -0.15) is 0 Å². The fraction of sp³-hybridized carbons (Fsp3) is 0.182. The lowest BCUT2D eigenvalue weighted by atomic mass is 10.1. The van der Waals surface area contributed by atoms with Crippen LogP contribution in [0.5, 0.6) is 5.75 Å². The summed E-state index contributed by atoms with van der Waals surface area (Å²) in [5, 5.41) is 4.65. The van der Waals surface area contributed by atoms with E-state index in [-0.39, 0.29) is 0 Å². The van der Waals surface area contributed by atoms with Crippen LogP contribution in [0, 0.1) is 0 Å². The first-order valence-corrected chi connectivity index (χ1v) is 10.4. The van der Waals surface area contributed by atoms with Crippen LogP contribution in [0.4, 0.5) is 5.82 Å². The lowest BCUT2D eigenvalue weighted by molar-refractivity contribution is 0.112. The van der Waals surface area contributed by atoms with Gasteiger partial charge in [0.05, 0.1) is 12.5 Å². The first-order chi connectivity index (χ1) is 14.7. The number of aromatic nitrogens is 4. The van der Waals surface area contributed by atoms with Gasteiger partial charge in [-0.1, -0.05) is 25.1 Å². The summed E-state index contributed by atoms with van der Waals surface area (Å²) in [5.74, 6) is 1.40. The Morgan fingerprint density at radius 2 is 2.07 bits per heavy atom. The summed E-state index contributed by atoms with van der Waals surface area (Å²) >= 11 is 1.42. The largest absolute Gasteiger partial charge is 0.496 e. The second-order valence-corrected chi connectivity index (χ2v) is 7.56. The molecule has 0 aliphatic heterocycles. The molecule has 2 N–H and O–H groups in total. The third kappa shape index (κ3) is 3.99. The van der Waals surface area contributed by atoms with E-state index in [4.69, 9.17) is 9.72 Å². The van der Waals surface area contributed by atoms with E-state index in [9.17, 15) is 4.79 Å². The number of carbonyl (C=O) groups is 1. The van der Waals surface area contributed by atoms with Crippen molar-refractivity contribution in [2.75, 3.05) is 12.4 Å². The topological polar surface area (TPSA) is 92.8 Å². The third-order valence-corrected chi connectivity index (χ3v) is 5.55. The molecule has 8 heteroatoms. The fourth-order valence-electron chi connectivity index (χ4n) is 3.27. The second kappa shape index (κ2) is 8.96. The molecule has 0 radical (unpaired) electrons. The molecule has 152 valence electrons. The minimum atomic E-state index is 0.498. The van der Waals surface area contributed by atoms with Crippen molar-refractivity contribution in [2.24, 2.45) is 0 Å². The Morgan fingerprint density at radius 3 is 2.80 bits per heavy atom. The van der Waals surface area contributed by atoms with Crippen molar-refractivity contribution in [1.82, 2.24) is 19.9 Å². The highest BCUT2D eigenvalue weighted by Gasteiger charge is 2.18. The molecule has 1 aromatic carbocycles. The highest BCUT2D eigenvalue weighted by atomic mass is 32.2. The van der Waals surface area contributed by atoms with Crippen LogP contribution in [0.15, 0.2) is 58.8 Å². The third-order valence-electron chi connectivity index (χ3n) is 4.71. The number of aldehydes is 1. The number of para-hydroxylation sites is 1. The van der Waals surface area contributed by atoms with Gasteiger partial charge in [0.15, 0.2) is 11.4 Å². The van der Waals surface area contributed by atoms with Crippen LogP contribution >= 0.6 is 11.8 Å². The zero-order chi connectivity index (χ0) is 20.9. The Morgan fingerprint density at radius 1 is 1.20 bits per heavy atom. The molecule has 0 aliphatic carbocycles. The number of benzene rings is 1. The number of nitrogens with one attached hydrogen (secondary N) is 2. The summed E-state index contributed by atoms with van der Waals surface area (Å²) in [6.45, 7) is 2.50. The van der Waals surface area contributed by atoms with Gasteiger partial charge in [-0.05, 0) is 36.4 Å². The Kier molecular flexibility index (Phi) is 5.94. The van der Waals surface area contributed by atoms with Gasteiger partial charge in [0, 0.05) is 40.7 Å². The molecule has 0 bridgehead atoms. The van der Waals surface area contributed by atoms with E-state index in [0.717, 1.165) is 28.2 Å². The van der Waals surface area contributed by atoms with Crippen molar-refractivity contribution in [3.05, 3.63) is 65.6 Å². The van der Waals surface area contributed by atoms with E-state index < -0.39 is 0 Å². The number of hydrogen-bond donors (Lipinski definition) is 2. The SMILES string of the molecule is CCc1[nH]c2nc(Sc3cccnc3)nc(NCc3ccccc3OC)c2c1C=O. The average molecular weight is 420 g/mol. The molecule has 0 saturated heterocycles. The summed E-state index contributed by atoms with van der Waals surface area (Å²) in [6.07, 6.45) is 5.05. The Balaban J connectivity index is 1.76. The zero-order valence-electron chi connectivity index (χ0n) is 16.7. The number of hydrogen-bond acceptors (Lipinski definition) is 7. The molecular formula is C22H21N5O2S. The Hall–Kier alpha value is -3.39. The Bertz CT molecular complexity index is 1180. The summed E-state index contributed by atoms with van der Waals surface area (Å²) < 4.78 is 5.44. The molecule has 0 fully saturated rings. The predicted octanol–water partition coefficient (Wildman–Crippen LogP) is 4.50. The first kappa shape index (κ1) is 19.9. The molecule has 3 aromatic heterocycles. The maximum Gasteiger partial charge on any atom is 0.196 e. The quantitative estimate of drug-likeness (QED) is 0.321. The first-order valence-electron chi connectivity index (χ1n) is 9.54. The molecule has 4 rings (SSSR count). The molecule has 0 amide bonds. The zero-order valence-corrected chi connectivity index (χ0v) is 17.5. The van der Waals surface area contributed by atoms with Crippen LogP contribution in [-0.2, 0) is 13.0 Å². The smallest absolute Gasteiger partial charge is 0.196 e. The van der Waals surface area contributed by atoms with Gasteiger partial charge < -0.3 is 15.0 Å². The minimum absolute atomic E-state index is 0.498. The summed E-state index contributed by atoms with van der Waals surface area (Å²) in [6, 6.07) is 11.6. The van der Waals surface area contributed by atoms with Crippen molar-refractivity contribution < 1.29 is 9.53 Å². The number of rotatable bonds is 8. The van der Waals surface area contributed by atoms with Crippen molar-refractivity contribution in [1.29, 1.82) is 0 Å². The lowest BCUT2D eigenvalue weighted by Gasteiger charge is -2.12. The number of fused-ring (bicyclic) bond motifs is 1. The molecule has 4 aromatic rings. The van der Waals surface area contributed by atoms with Crippen molar-refractivity contribution in [3.8, 4) is 5.75 Å². The second-order valence-electron chi connectivity index (χ2n) is 6.52. The van der Waals surface area contributed by atoms with Crippen molar-refractivity contribution in [2.45, 2.75) is 29.9 Å². The number of carbonyl (C=O) groups excluding carboxylic acids is 1. The summed E-state index contributed by atoms with van der Waals surface area (Å²) in [7, 11) is 1.65. The van der Waals surface area contributed by atoms with E-state index in [1.807, 2.05) is 43.3 Å². The number of aromatic amines is 1. The standard InChI is InChI=1S/C22H21N5O2S/c1-3-17-16(13-28)19-20(24-11-14-7-4-5-9-18(14)29-2)26-22(27-21(19)25-17)30-15-8-6-10-23-12-15/h4-10,12-13H,3,11H2,1-2H3,(H2,24,25,26,27). The number of methoxy groups -OCH3 is 1. The number of pyridine rings is 1. The van der Waals surface area contributed by atoms with E-state index in [2.05, 4.69) is 20.3 Å². The highest BCUT2D eigenvalue weighted by Crippen LogP contribution is 2.32. The minimum Gasteiger partial charge on any atom is -0.496 e. The molecule has 7 nitrogen and oxygen atoms in total. The van der Waals surface area contributed by atoms with Gasteiger partial charge in [-0.3, -0.25) is 9.78 Å². The maximum atomic E-state index is 11.8. The number of ether oxygens (including phenoxy) is 1. The van der Waals surface area contributed by atoms with Gasteiger partial charge in [0.2, 0.25) is 0 Å². The lowest BCUT2D eigenvalue weighted by Crippen LogP contribution is -2.05. The number of nitrogens with zero attached hydrogens (tertiary/aromatic N) is 3. The number of anilines is 1. The van der Waals surface area contributed by atoms with Crippen LogP contribution in [0.2, 0.25) is 0 Å². The molecule has 0 spiro atoms. The van der Waals surface area contributed by atoms with Crippen molar-refractivity contribution in [3.63, 3.8) is 0 Å². The van der Waals surface area contributed by atoms with E-state index >= 15 is 0 Å². The van der Waals surface area contributed by atoms with E-state index in [0.29, 0.717) is 40.5 Å². The van der Waals surface area contributed by atoms with Gasteiger partial charge >= 0.3 is 0 Å². The van der Waals surface area contributed by atoms with Gasteiger partial charge in [0.25, 0.3) is 0 Å². The van der Waals surface area contributed by atoms with Crippen LogP contribution in [0.25, 0.3) is 11.0 Å². The van der Waals surface area contributed by atoms with Gasteiger partial charge in [-0.15, -0.1) is 0 Å². The van der Waals surface area contributed by atoms with Gasteiger partial charge in [-0.25, -0.2) is 9.97 Å². The molecule has 0 saturated carbocycles. The molecular weight excluding hydrogens is 398 g/mol. The maximum absolute atomic E-state index is 11.8.